The molecule has 0 saturated carbocycles. The van der Waals surface area contributed by atoms with E-state index in [2.05, 4.69) is 11.9 Å². The molecule has 0 N–H and O–H groups in total. The molecule has 5 nitrogen and oxygen atoms in total. The molecule has 3 aromatic rings. The highest BCUT2D eigenvalue weighted by Crippen LogP contribution is 2.27. The van der Waals surface area contributed by atoms with Gasteiger partial charge in [0.2, 0.25) is 11.3 Å². The lowest BCUT2D eigenvalue weighted by Crippen LogP contribution is -2.21. The van der Waals surface area contributed by atoms with Crippen LogP contribution in [-0.2, 0) is 6.54 Å². The van der Waals surface area contributed by atoms with Crippen molar-refractivity contribution in [2.75, 3.05) is 7.11 Å². The zero-order valence-corrected chi connectivity index (χ0v) is 17.5. The summed E-state index contributed by atoms with van der Waals surface area (Å²) in [6, 6.07) is 10.6. The lowest BCUT2D eigenvalue weighted by Gasteiger charge is -2.21. The summed E-state index contributed by atoms with van der Waals surface area (Å²) in [5, 5.41) is 1.23. The molecular weight excluding hydrogens is 400 g/mol. The summed E-state index contributed by atoms with van der Waals surface area (Å²) in [5.41, 5.74) is 2.11. The number of ketones is 1. The fraction of sp³-hybridized carbons (Fsp3) is 0.208. The van der Waals surface area contributed by atoms with Gasteiger partial charge in [0.05, 0.1) is 18.2 Å². The van der Waals surface area contributed by atoms with E-state index in [-0.39, 0.29) is 16.8 Å². The topological polar surface area (TPSA) is 61.2 Å². The number of fused-ring (bicyclic) bond motifs is 1. The van der Waals surface area contributed by atoms with Crippen LogP contribution in [0.15, 0.2) is 76.3 Å². The van der Waals surface area contributed by atoms with Crippen molar-refractivity contribution in [3.8, 4) is 5.88 Å². The molecule has 4 rings (SSSR count). The van der Waals surface area contributed by atoms with Gasteiger partial charge in [-0.2, -0.15) is 0 Å². The number of nitrogens with zero attached hydrogens (tertiary/aromatic N) is 2. The quantitative estimate of drug-likeness (QED) is 0.560. The second-order valence-electron chi connectivity index (χ2n) is 7.38. The van der Waals surface area contributed by atoms with E-state index in [1.165, 1.54) is 13.3 Å². The number of ether oxygens (including phenoxy) is 1. The Morgan fingerprint density at radius 1 is 1.27 bits per heavy atom. The highest BCUT2D eigenvalue weighted by molar-refractivity contribution is 6.31. The molecule has 0 aliphatic heterocycles. The van der Waals surface area contributed by atoms with E-state index in [9.17, 15) is 9.59 Å². The van der Waals surface area contributed by atoms with Crippen molar-refractivity contribution in [3.63, 3.8) is 0 Å². The molecular formula is C24H21ClN2O3. The molecule has 0 radical (unpaired) electrons. The first-order valence-electron chi connectivity index (χ1n) is 9.71. The standard InChI is InChI=1S/C24H21ClN2O3/c1-15-7-9-18(25)11-17(15)13-27-14-20(24(29)19-5-3-4-6-21(19)27)23(28)16-8-10-22(30-2)26-12-16/h3-6,8-12,14-15H,7,13H2,1-2H3. The van der Waals surface area contributed by atoms with Gasteiger partial charge in [-0.3, -0.25) is 9.59 Å². The van der Waals surface area contributed by atoms with Gasteiger partial charge in [-0.05, 0) is 42.2 Å². The first-order valence-corrected chi connectivity index (χ1v) is 10.1. The number of carbonyl (C=O) groups excluding carboxylic acids is 1. The Bertz CT molecular complexity index is 1240. The maximum absolute atomic E-state index is 13.1. The number of hydrogen-bond donors (Lipinski definition) is 0. The van der Waals surface area contributed by atoms with Gasteiger partial charge in [-0.15, -0.1) is 0 Å². The normalized spacial score (nSPS) is 16.2. The van der Waals surface area contributed by atoms with E-state index in [1.807, 2.05) is 28.9 Å². The molecule has 2 aromatic heterocycles. The maximum atomic E-state index is 13.1. The van der Waals surface area contributed by atoms with Gasteiger partial charge in [-0.25, -0.2) is 4.98 Å². The number of rotatable bonds is 5. The van der Waals surface area contributed by atoms with Gasteiger partial charge in [0.1, 0.15) is 0 Å². The Kier molecular flexibility index (Phi) is 5.55. The third-order valence-electron chi connectivity index (χ3n) is 5.42. The number of pyridine rings is 2. The van der Waals surface area contributed by atoms with Crippen LogP contribution in [0, 0.1) is 5.92 Å². The van der Waals surface area contributed by atoms with Crippen molar-refractivity contribution in [3.05, 3.63) is 92.9 Å². The van der Waals surface area contributed by atoms with E-state index in [1.54, 1.807) is 30.5 Å². The van der Waals surface area contributed by atoms with Crippen molar-refractivity contribution >= 4 is 28.3 Å². The van der Waals surface area contributed by atoms with E-state index in [0.29, 0.717) is 34.3 Å². The Morgan fingerprint density at radius 2 is 2.07 bits per heavy atom. The predicted molar refractivity (Wildman–Crippen MR) is 118 cm³/mol. The number of halogens is 1. The molecule has 1 aromatic carbocycles. The molecule has 0 bridgehead atoms. The SMILES string of the molecule is COc1ccc(C(=O)c2cn(CC3=CC(Cl)=CCC3C)c3ccccc3c2=O)cn1. The largest absolute Gasteiger partial charge is 0.481 e. The molecule has 0 saturated heterocycles. The molecule has 30 heavy (non-hydrogen) atoms. The van der Waals surface area contributed by atoms with E-state index in [0.717, 1.165) is 17.5 Å². The lowest BCUT2D eigenvalue weighted by molar-refractivity contribution is 0.103. The Labute approximate surface area is 179 Å². The zero-order chi connectivity index (χ0) is 21.3. The van der Waals surface area contributed by atoms with Gasteiger partial charge < -0.3 is 9.30 Å². The fourth-order valence-corrected chi connectivity index (χ4v) is 3.88. The van der Waals surface area contributed by atoms with Crippen molar-refractivity contribution < 1.29 is 9.53 Å². The van der Waals surface area contributed by atoms with E-state index in [4.69, 9.17) is 16.3 Å². The van der Waals surface area contributed by atoms with Crippen LogP contribution in [0.2, 0.25) is 0 Å². The van der Waals surface area contributed by atoms with E-state index < -0.39 is 0 Å². The molecule has 2 heterocycles. The minimum atomic E-state index is -0.363. The first kappa shape index (κ1) is 20.1. The average molecular weight is 421 g/mol. The van der Waals surface area contributed by atoms with Crippen molar-refractivity contribution in [2.24, 2.45) is 5.92 Å². The van der Waals surface area contributed by atoms with Gasteiger partial charge in [0, 0.05) is 41.0 Å². The molecule has 1 unspecified atom stereocenters. The molecule has 0 fully saturated rings. The van der Waals surface area contributed by atoms with Crippen LogP contribution in [0.5, 0.6) is 5.88 Å². The Balaban J connectivity index is 1.83. The molecule has 1 atom stereocenters. The highest BCUT2D eigenvalue weighted by Gasteiger charge is 2.19. The monoisotopic (exact) mass is 420 g/mol. The van der Waals surface area contributed by atoms with E-state index >= 15 is 0 Å². The second-order valence-corrected chi connectivity index (χ2v) is 7.82. The number of methoxy groups -OCH3 is 1. The van der Waals surface area contributed by atoms with Gasteiger partial charge >= 0.3 is 0 Å². The molecule has 0 spiro atoms. The van der Waals surface area contributed by atoms with Gasteiger partial charge in [-0.1, -0.05) is 36.7 Å². The third kappa shape index (κ3) is 3.81. The smallest absolute Gasteiger partial charge is 0.212 e. The number of aromatic nitrogens is 2. The minimum Gasteiger partial charge on any atom is -0.481 e. The van der Waals surface area contributed by atoms with Crippen LogP contribution < -0.4 is 10.2 Å². The maximum Gasteiger partial charge on any atom is 0.212 e. The van der Waals surface area contributed by atoms with Crippen LogP contribution in [-0.4, -0.2) is 22.4 Å². The summed E-state index contributed by atoms with van der Waals surface area (Å²) in [7, 11) is 1.51. The molecule has 1 aliphatic rings. The Morgan fingerprint density at radius 3 is 2.80 bits per heavy atom. The highest BCUT2D eigenvalue weighted by atomic mass is 35.5. The molecule has 0 amide bonds. The number of benzene rings is 1. The first-order chi connectivity index (χ1) is 14.5. The summed E-state index contributed by atoms with van der Waals surface area (Å²) in [6.45, 7) is 2.69. The van der Waals surface area contributed by atoms with Crippen LogP contribution in [0.1, 0.15) is 29.3 Å². The summed E-state index contributed by atoms with van der Waals surface area (Å²) < 4.78 is 7.01. The fourth-order valence-electron chi connectivity index (χ4n) is 3.65. The van der Waals surface area contributed by atoms with Crippen LogP contribution in [0.3, 0.4) is 0 Å². The lowest BCUT2D eigenvalue weighted by atomic mass is 9.93. The van der Waals surface area contributed by atoms with Crippen LogP contribution in [0.4, 0.5) is 0 Å². The van der Waals surface area contributed by atoms with Crippen molar-refractivity contribution in [1.29, 1.82) is 0 Å². The van der Waals surface area contributed by atoms with Crippen LogP contribution >= 0.6 is 11.6 Å². The number of allylic oxidation sites excluding steroid dienone is 4. The van der Waals surface area contributed by atoms with Crippen LogP contribution in [0.25, 0.3) is 10.9 Å². The minimum absolute atomic E-state index is 0.117. The molecule has 1 aliphatic carbocycles. The number of para-hydroxylation sites is 1. The average Bonchev–Trinajstić information content (AvgIpc) is 2.77. The Hall–Kier alpha value is -3.18. The molecule has 152 valence electrons. The molecule has 6 heteroatoms. The summed E-state index contributed by atoms with van der Waals surface area (Å²) in [5.74, 6) is 0.375. The van der Waals surface area contributed by atoms with Crippen molar-refractivity contribution in [1.82, 2.24) is 9.55 Å². The van der Waals surface area contributed by atoms with Gasteiger partial charge in [0.25, 0.3) is 0 Å². The third-order valence-corrected chi connectivity index (χ3v) is 5.68. The summed E-state index contributed by atoms with van der Waals surface area (Å²) in [6.07, 6.45) is 7.92. The number of hydrogen-bond acceptors (Lipinski definition) is 4. The zero-order valence-electron chi connectivity index (χ0n) is 16.8. The second kappa shape index (κ2) is 8.28. The summed E-state index contributed by atoms with van der Waals surface area (Å²) in [4.78, 5) is 30.3. The van der Waals surface area contributed by atoms with Crippen molar-refractivity contribution in [2.45, 2.75) is 19.9 Å². The number of carbonyl (C=O) groups is 1. The predicted octanol–water partition coefficient (Wildman–Crippen LogP) is 4.73. The summed E-state index contributed by atoms with van der Waals surface area (Å²) >= 11 is 6.23. The van der Waals surface area contributed by atoms with Gasteiger partial charge in [0.15, 0.2) is 5.78 Å².